The Morgan fingerprint density at radius 2 is 1.63 bits per heavy atom. The quantitative estimate of drug-likeness (QED) is 0.461. The summed E-state index contributed by atoms with van der Waals surface area (Å²) in [5, 5.41) is 9.41. The van der Waals surface area contributed by atoms with Crippen molar-refractivity contribution >= 4 is 22.2 Å². The first-order chi connectivity index (χ1) is 13.2. The van der Waals surface area contributed by atoms with Gasteiger partial charge in [-0.2, -0.15) is 0 Å². The van der Waals surface area contributed by atoms with Gasteiger partial charge in [0, 0.05) is 23.2 Å². The molecule has 3 rings (SSSR count). The lowest BCUT2D eigenvalue weighted by Crippen LogP contribution is -2.20. The molecule has 5 heteroatoms. The van der Waals surface area contributed by atoms with Crippen molar-refractivity contribution in [2.24, 2.45) is 0 Å². The normalized spacial score (nSPS) is 10.7. The highest BCUT2D eigenvalue weighted by atomic mass is 32.1. The number of allylic oxidation sites excluding steroid dienone is 1. The molecule has 0 aliphatic heterocycles. The van der Waals surface area contributed by atoms with E-state index in [1.54, 1.807) is 0 Å². The number of anilines is 2. The fraction of sp³-hybridized carbons (Fsp3) is 0.227. The summed E-state index contributed by atoms with van der Waals surface area (Å²) < 4.78 is 0. The highest BCUT2D eigenvalue weighted by Crippen LogP contribution is 2.17. The van der Waals surface area contributed by atoms with Crippen LogP contribution in [0.4, 0.5) is 10.8 Å². The number of nitrogens with two attached hydrogens (primary N) is 1. The molecule has 4 nitrogen and oxygen atoms in total. The number of hydrogen-bond donors (Lipinski definition) is 3. The fourth-order valence-electron chi connectivity index (χ4n) is 2.86. The van der Waals surface area contributed by atoms with E-state index >= 15 is 0 Å². The second-order valence-electron chi connectivity index (χ2n) is 6.51. The van der Waals surface area contributed by atoms with Crippen LogP contribution in [0.15, 0.2) is 72.3 Å². The number of nitrogen functional groups attached to an aromatic ring is 1. The molecule has 0 saturated carbocycles. The van der Waals surface area contributed by atoms with E-state index in [-0.39, 0.29) is 0 Å². The van der Waals surface area contributed by atoms with E-state index in [1.165, 1.54) is 22.5 Å². The maximum Gasteiger partial charge on any atom is 0.180 e. The number of hydrogen-bond acceptors (Lipinski definition) is 5. The molecule has 0 saturated heterocycles. The first-order valence-electron chi connectivity index (χ1n) is 9.17. The van der Waals surface area contributed by atoms with Crippen LogP contribution in [0.3, 0.4) is 0 Å². The van der Waals surface area contributed by atoms with Gasteiger partial charge in [-0.05, 0) is 49.2 Å². The Morgan fingerprint density at radius 1 is 0.963 bits per heavy atom. The Labute approximate surface area is 165 Å². The lowest BCUT2D eigenvalue weighted by molar-refractivity contribution is 0.682. The summed E-state index contributed by atoms with van der Waals surface area (Å²) in [5.41, 5.74) is 11.3. The van der Waals surface area contributed by atoms with Gasteiger partial charge in [-0.15, -0.1) is 11.3 Å². The molecule has 140 valence electrons. The van der Waals surface area contributed by atoms with Gasteiger partial charge in [0.15, 0.2) is 5.13 Å². The van der Waals surface area contributed by atoms with Crippen LogP contribution in [0.25, 0.3) is 0 Å². The second kappa shape index (κ2) is 9.90. The first kappa shape index (κ1) is 19.1. The van der Waals surface area contributed by atoms with E-state index in [9.17, 15) is 0 Å². The maximum absolute atomic E-state index is 5.66. The van der Waals surface area contributed by atoms with E-state index in [4.69, 9.17) is 5.73 Å². The molecule has 4 N–H and O–H groups in total. The Balaban J connectivity index is 1.36. The Morgan fingerprint density at radius 3 is 2.26 bits per heavy atom. The van der Waals surface area contributed by atoms with Gasteiger partial charge in [0.25, 0.3) is 0 Å². The molecule has 2 aromatic carbocycles. The largest absolute Gasteiger partial charge is 0.375 e. The number of nitrogens with one attached hydrogen (secondary N) is 2. The van der Waals surface area contributed by atoms with E-state index in [0.717, 1.165) is 43.0 Å². The van der Waals surface area contributed by atoms with E-state index in [2.05, 4.69) is 76.8 Å². The molecule has 1 aromatic heterocycles. The van der Waals surface area contributed by atoms with Gasteiger partial charge in [0.2, 0.25) is 0 Å². The minimum Gasteiger partial charge on any atom is -0.375 e. The van der Waals surface area contributed by atoms with Crippen LogP contribution in [-0.4, -0.2) is 18.1 Å². The van der Waals surface area contributed by atoms with Crippen molar-refractivity contribution in [1.29, 1.82) is 0 Å². The molecule has 0 aliphatic rings. The zero-order valence-electron chi connectivity index (χ0n) is 15.4. The molecule has 0 spiro atoms. The summed E-state index contributed by atoms with van der Waals surface area (Å²) in [6.45, 7) is 6.06. The number of aromatic nitrogens is 1. The Bertz CT molecular complexity index is 840. The van der Waals surface area contributed by atoms with Gasteiger partial charge in [-0.1, -0.05) is 49.0 Å². The molecule has 1 heterocycles. The SMILES string of the molecule is C=C(Cc1csc(N)n1)Nc1ccc(CCNCCc2ccccc2)cc1. The third kappa shape index (κ3) is 6.55. The van der Waals surface area contributed by atoms with Crippen molar-refractivity contribution in [2.75, 3.05) is 24.1 Å². The Kier molecular flexibility index (Phi) is 7.02. The third-order valence-electron chi connectivity index (χ3n) is 4.26. The van der Waals surface area contributed by atoms with Crippen LogP contribution in [0, 0.1) is 0 Å². The van der Waals surface area contributed by atoms with Crippen molar-refractivity contribution in [3.05, 3.63) is 89.1 Å². The first-order valence-corrected chi connectivity index (χ1v) is 10.1. The molecule has 27 heavy (non-hydrogen) atoms. The minimum absolute atomic E-state index is 0.597. The monoisotopic (exact) mass is 378 g/mol. The molecule has 0 radical (unpaired) electrons. The maximum atomic E-state index is 5.66. The van der Waals surface area contributed by atoms with Crippen LogP contribution in [0.5, 0.6) is 0 Å². The summed E-state index contributed by atoms with van der Waals surface area (Å²) in [6, 6.07) is 19.1. The van der Waals surface area contributed by atoms with Crippen molar-refractivity contribution in [1.82, 2.24) is 10.3 Å². The average Bonchev–Trinajstić information content (AvgIpc) is 3.08. The molecular formula is C22H26N4S. The highest BCUT2D eigenvalue weighted by molar-refractivity contribution is 7.13. The van der Waals surface area contributed by atoms with Crippen LogP contribution >= 0.6 is 11.3 Å². The molecule has 0 amide bonds. The van der Waals surface area contributed by atoms with Crippen LogP contribution in [-0.2, 0) is 19.3 Å². The molecular weight excluding hydrogens is 352 g/mol. The van der Waals surface area contributed by atoms with E-state index < -0.39 is 0 Å². The molecule has 3 aromatic rings. The van der Waals surface area contributed by atoms with Crippen LogP contribution in [0.1, 0.15) is 16.8 Å². The highest BCUT2D eigenvalue weighted by Gasteiger charge is 2.03. The summed E-state index contributed by atoms with van der Waals surface area (Å²) >= 11 is 1.46. The molecule has 0 fully saturated rings. The number of thiazole rings is 1. The van der Waals surface area contributed by atoms with Gasteiger partial charge in [0.1, 0.15) is 0 Å². The minimum atomic E-state index is 0.597. The van der Waals surface area contributed by atoms with Crippen molar-refractivity contribution in [3.8, 4) is 0 Å². The standard InChI is InChI=1S/C22H26N4S/c1-17(15-21-16-27-22(23)26-21)25-20-9-7-19(8-10-20)12-14-24-13-11-18-5-3-2-4-6-18/h2-10,16,24-25H,1,11-15H2,(H2,23,26). The van der Waals surface area contributed by atoms with E-state index in [1.807, 2.05) is 5.38 Å². The van der Waals surface area contributed by atoms with Gasteiger partial charge >= 0.3 is 0 Å². The number of benzene rings is 2. The fourth-order valence-corrected chi connectivity index (χ4v) is 3.42. The zero-order valence-corrected chi connectivity index (χ0v) is 16.3. The summed E-state index contributed by atoms with van der Waals surface area (Å²) in [4.78, 5) is 4.26. The lowest BCUT2D eigenvalue weighted by atomic mass is 10.1. The predicted octanol–water partition coefficient (Wildman–Crippen LogP) is 4.27. The van der Waals surface area contributed by atoms with Crippen LogP contribution < -0.4 is 16.4 Å². The summed E-state index contributed by atoms with van der Waals surface area (Å²) in [7, 11) is 0. The third-order valence-corrected chi connectivity index (χ3v) is 4.99. The molecule has 0 unspecified atom stereocenters. The number of nitrogens with zero attached hydrogens (tertiary/aromatic N) is 1. The molecule has 0 bridgehead atoms. The lowest BCUT2D eigenvalue weighted by Gasteiger charge is -2.10. The zero-order chi connectivity index (χ0) is 18.9. The second-order valence-corrected chi connectivity index (χ2v) is 7.40. The summed E-state index contributed by atoms with van der Waals surface area (Å²) in [6.07, 6.45) is 2.77. The van der Waals surface area contributed by atoms with Gasteiger partial charge < -0.3 is 16.4 Å². The van der Waals surface area contributed by atoms with Crippen LogP contribution in [0.2, 0.25) is 0 Å². The Hall–Kier alpha value is -2.63. The molecule has 0 aliphatic carbocycles. The topological polar surface area (TPSA) is 63.0 Å². The smallest absolute Gasteiger partial charge is 0.180 e. The number of rotatable bonds is 10. The predicted molar refractivity (Wildman–Crippen MR) is 116 cm³/mol. The summed E-state index contributed by atoms with van der Waals surface area (Å²) in [5.74, 6) is 0. The molecule has 0 atom stereocenters. The average molecular weight is 379 g/mol. The van der Waals surface area contributed by atoms with Crippen molar-refractivity contribution < 1.29 is 0 Å². The van der Waals surface area contributed by atoms with Crippen molar-refractivity contribution in [2.45, 2.75) is 19.3 Å². The van der Waals surface area contributed by atoms with Crippen molar-refractivity contribution in [3.63, 3.8) is 0 Å². The van der Waals surface area contributed by atoms with Gasteiger partial charge in [-0.25, -0.2) is 4.98 Å². The van der Waals surface area contributed by atoms with Gasteiger partial charge in [-0.3, -0.25) is 0 Å². The van der Waals surface area contributed by atoms with E-state index in [0.29, 0.717) is 11.6 Å². The van der Waals surface area contributed by atoms with Gasteiger partial charge in [0.05, 0.1) is 5.69 Å².